The standard InChI is InChI=1S/C18H24N4O3S/c1-13-7-9-22(10-8-13)26(24,25)17-5-3-15(4-6-17)18(23)19-11-16-12-20-21-14(16)2/h3-6,12-13H,7-11H2,1-2H3,(H,19,23)(H,20,21). The fourth-order valence-corrected chi connectivity index (χ4v) is 4.45. The van der Waals surface area contributed by atoms with Gasteiger partial charge in [-0.15, -0.1) is 0 Å². The fraction of sp³-hybridized carbons (Fsp3) is 0.444. The summed E-state index contributed by atoms with van der Waals surface area (Å²) >= 11 is 0. The Morgan fingerprint density at radius 1 is 1.27 bits per heavy atom. The molecule has 0 atom stereocenters. The largest absolute Gasteiger partial charge is 0.348 e. The first-order valence-electron chi connectivity index (χ1n) is 8.75. The van der Waals surface area contributed by atoms with Gasteiger partial charge in [-0.2, -0.15) is 9.40 Å². The average Bonchev–Trinajstić information content (AvgIpc) is 3.05. The van der Waals surface area contributed by atoms with Crippen LogP contribution in [0.5, 0.6) is 0 Å². The molecule has 0 aliphatic carbocycles. The molecule has 7 nitrogen and oxygen atoms in total. The van der Waals surface area contributed by atoms with Crippen molar-refractivity contribution in [3.05, 3.63) is 47.3 Å². The maximum absolute atomic E-state index is 12.7. The SMILES string of the molecule is Cc1[nH]ncc1CNC(=O)c1ccc(S(=O)(=O)N2CCC(C)CC2)cc1. The summed E-state index contributed by atoms with van der Waals surface area (Å²) in [6.07, 6.45) is 3.44. The summed E-state index contributed by atoms with van der Waals surface area (Å²) in [6, 6.07) is 6.12. The van der Waals surface area contributed by atoms with Crippen LogP contribution in [0.4, 0.5) is 0 Å². The first-order valence-corrected chi connectivity index (χ1v) is 10.2. The highest BCUT2D eigenvalue weighted by Crippen LogP contribution is 2.23. The predicted octanol–water partition coefficient (Wildman–Crippen LogP) is 2.07. The Morgan fingerprint density at radius 3 is 2.50 bits per heavy atom. The van der Waals surface area contributed by atoms with Gasteiger partial charge in [0.1, 0.15) is 0 Å². The monoisotopic (exact) mass is 376 g/mol. The van der Waals surface area contributed by atoms with E-state index in [0.717, 1.165) is 24.1 Å². The maximum atomic E-state index is 12.7. The second-order valence-corrected chi connectivity index (χ2v) is 8.75. The minimum atomic E-state index is -3.49. The Balaban J connectivity index is 1.66. The van der Waals surface area contributed by atoms with Crippen molar-refractivity contribution < 1.29 is 13.2 Å². The van der Waals surface area contributed by atoms with Crippen LogP contribution in [0, 0.1) is 12.8 Å². The van der Waals surface area contributed by atoms with Crippen LogP contribution in [0.15, 0.2) is 35.4 Å². The molecule has 0 bridgehead atoms. The number of aromatic amines is 1. The van der Waals surface area contributed by atoms with E-state index in [1.165, 1.54) is 16.4 Å². The van der Waals surface area contributed by atoms with Crippen molar-refractivity contribution >= 4 is 15.9 Å². The van der Waals surface area contributed by atoms with Gasteiger partial charge in [0, 0.05) is 36.5 Å². The fourth-order valence-electron chi connectivity index (χ4n) is 2.98. The maximum Gasteiger partial charge on any atom is 0.251 e. The van der Waals surface area contributed by atoms with Crippen LogP contribution in [0.1, 0.15) is 41.4 Å². The molecule has 0 radical (unpaired) electrons. The number of nitrogens with zero attached hydrogens (tertiary/aromatic N) is 2. The number of amides is 1. The van der Waals surface area contributed by atoms with Crippen LogP contribution in [-0.2, 0) is 16.6 Å². The number of sulfonamides is 1. The van der Waals surface area contributed by atoms with Crippen LogP contribution in [-0.4, -0.2) is 41.9 Å². The van der Waals surface area contributed by atoms with Crippen LogP contribution in [0.2, 0.25) is 0 Å². The zero-order valence-corrected chi connectivity index (χ0v) is 15.8. The second kappa shape index (κ2) is 7.59. The summed E-state index contributed by atoms with van der Waals surface area (Å²) in [4.78, 5) is 12.5. The summed E-state index contributed by atoms with van der Waals surface area (Å²) in [5, 5.41) is 9.54. The third-order valence-corrected chi connectivity index (χ3v) is 6.78. The van der Waals surface area contributed by atoms with Crippen LogP contribution < -0.4 is 5.32 Å². The van der Waals surface area contributed by atoms with Gasteiger partial charge >= 0.3 is 0 Å². The number of carbonyl (C=O) groups is 1. The quantitative estimate of drug-likeness (QED) is 0.835. The molecule has 1 amide bonds. The number of piperidine rings is 1. The lowest BCUT2D eigenvalue weighted by Crippen LogP contribution is -2.37. The molecule has 1 aliphatic heterocycles. The molecule has 2 N–H and O–H groups in total. The molecule has 1 aromatic heterocycles. The third-order valence-electron chi connectivity index (χ3n) is 4.87. The lowest BCUT2D eigenvalue weighted by molar-refractivity contribution is 0.0951. The van der Waals surface area contributed by atoms with E-state index in [-0.39, 0.29) is 10.8 Å². The van der Waals surface area contributed by atoms with Crippen molar-refractivity contribution in [3.63, 3.8) is 0 Å². The Morgan fingerprint density at radius 2 is 1.92 bits per heavy atom. The summed E-state index contributed by atoms with van der Waals surface area (Å²) < 4.78 is 26.9. The van der Waals surface area contributed by atoms with Crippen molar-refractivity contribution in [3.8, 4) is 0 Å². The average molecular weight is 376 g/mol. The molecule has 140 valence electrons. The number of carbonyl (C=O) groups excluding carboxylic acids is 1. The van der Waals surface area contributed by atoms with Gasteiger partial charge in [-0.05, 0) is 49.9 Å². The highest BCUT2D eigenvalue weighted by atomic mass is 32.2. The Hall–Kier alpha value is -2.19. The number of benzene rings is 1. The number of aromatic nitrogens is 2. The molecule has 0 spiro atoms. The van der Waals surface area contributed by atoms with Gasteiger partial charge in [-0.25, -0.2) is 8.42 Å². The van der Waals surface area contributed by atoms with Gasteiger partial charge in [0.2, 0.25) is 10.0 Å². The molecule has 3 rings (SSSR count). The van der Waals surface area contributed by atoms with Gasteiger partial charge in [0.15, 0.2) is 0 Å². The molecule has 2 aromatic rings. The van der Waals surface area contributed by atoms with Gasteiger partial charge in [-0.1, -0.05) is 6.92 Å². The first kappa shape index (κ1) is 18.6. The highest BCUT2D eigenvalue weighted by molar-refractivity contribution is 7.89. The molecule has 8 heteroatoms. The normalized spacial score (nSPS) is 16.5. The summed E-state index contributed by atoms with van der Waals surface area (Å²) in [5.41, 5.74) is 2.25. The minimum absolute atomic E-state index is 0.231. The van der Waals surface area contributed by atoms with Crippen molar-refractivity contribution in [2.24, 2.45) is 5.92 Å². The topological polar surface area (TPSA) is 95.2 Å². The Bertz CT molecular complexity index is 866. The van der Waals surface area contributed by atoms with Gasteiger partial charge in [-0.3, -0.25) is 9.89 Å². The lowest BCUT2D eigenvalue weighted by atomic mass is 10.0. The van der Waals surface area contributed by atoms with E-state index in [2.05, 4.69) is 22.4 Å². The van der Waals surface area contributed by atoms with E-state index < -0.39 is 10.0 Å². The van der Waals surface area contributed by atoms with Crippen molar-refractivity contribution in [2.75, 3.05) is 13.1 Å². The molecular formula is C18H24N4O3S. The molecule has 1 fully saturated rings. The van der Waals surface area contributed by atoms with Gasteiger partial charge in [0.05, 0.1) is 11.1 Å². The van der Waals surface area contributed by atoms with Crippen LogP contribution in [0.25, 0.3) is 0 Å². The number of hydrogen-bond acceptors (Lipinski definition) is 4. The van der Waals surface area contributed by atoms with Crippen LogP contribution >= 0.6 is 0 Å². The van der Waals surface area contributed by atoms with Gasteiger partial charge < -0.3 is 5.32 Å². The third kappa shape index (κ3) is 3.96. The van der Waals surface area contributed by atoms with Crippen LogP contribution in [0.3, 0.4) is 0 Å². The zero-order valence-electron chi connectivity index (χ0n) is 15.0. The predicted molar refractivity (Wildman–Crippen MR) is 98.1 cm³/mol. The van der Waals surface area contributed by atoms with E-state index in [1.807, 2.05) is 6.92 Å². The molecule has 0 unspecified atom stereocenters. The number of H-pyrrole nitrogens is 1. The van der Waals surface area contributed by atoms with E-state index in [9.17, 15) is 13.2 Å². The summed E-state index contributed by atoms with van der Waals surface area (Å²) in [6.45, 7) is 5.50. The van der Waals surface area contributed by atoms with E-state index in [0.29, 0.717) is 31.1 Å². The molecule has 0 saturated carbocycles. The summed E-state index contributed by atoms with van der Waals surface area (Å²) in [7, 11) is -3.49. The van der Waals surface area contributed by atoms with Crippen molar-refractivity contribution in [1.29, 1.82) is 0 Å². The minimum Gasteiger partial charge on any atom is -0.348 e. The van der Waals surface area contributed by atoms with Crippen molar-refractivity contribution in [2.45, 2.75) is 38.1 Å². The lowest BCUT2D eigenvalue weighted by Gasteiger charge is -2.29. The molecular weight excluding hydrogens is 352 g/mol. The van der Waals surface area contributed by atoms with E-state index in [1.54, 1.807) is 18.3 Å². The van der Waals surface area contributed by atoms with Crippen molar-refractivity contribution in [1.82, 2.24) is 19.8 Å². The van der Waals surface area contributed by atoms with E-state index >= 15 is 0 Å². The molecule has 1 aromatic carbocycles. The number of nitrogens with one attached hydrogen (secondary N) is 2. The summed E-state index contributed by atoms with van der Waals surface area (Å²) in [5.74, 6) is 0.313. The molecule has 1 saturated heterocycles. The second-order valence-electron chi connectivity index (χ2n) is 6.81. The van der Waals surface area contributed by atoms with Gasteiger partial charge in [0.25, 0.3) is 5.91 Å². The smallest absolute Gasteiger partial charge is 0.251 e. The molecule has 2 heterocycles. The molecule has 26 heavy (non-hydrogen) atoms. The number of rotatable bonds is 5. The van der Waals surface area contributed by atoms with E-state index in [4.69, 9.17) is 0 Å². The Labute approximate surface area is 153 Å². The molecule has 1 aliphatic rings. The first-order chi connectivity index (χ1) is 12.4. The Kier molecular flexibility index (Phi) is 5.43. The zero-order chi connectivity index (χ0) is 18.7. The highest BCUT2D eigenvalue weighted by Gasteiger charge is 2.28. The number of hydrogen-bond donors (Lipinski definition) is 2. The number of aryl methyl sites for hydroxylation is 1.